The molecule has 6 heteroatoms. The summed E-state index contributed by atoms with van der Waals surface area (Å²) in [5.74, 6) is -1.33. The lowest BCUT2D eigenvalue weighted by atomic mass is 9.85. The highest BCUT2D eigenvalue weighted by Crippen LogP contribution is 2.24. The van der Waals surface area contributed by atoms with E-state index < -0.39 is 35.9 Å². The maximum Gasteiger partial charge on any atom is 0.341 e. The van der Waals surface area contributed by atoms with Crippen molar-refractivity contribution in [2.45, 2.75) is 52.1 Å². The lowest BCUT2D eigenvalue weighted by molar-refractivity contribution is -0.103. The van der Waals surface area contributed by atoms with Gasteiger partial charge >= 0.3 is 11.9 Å². The summed E-state index contributed by atoms with van der Waals surface area (Å²) in [5, 5.41) is 20.6. The molecule has 0 aliphatic rings. The number of aliphatic hydroxyl groups is 2. The monoisotopic (exact) mass is 400 g/mol. The fourth-order valence-corrected chi connectivity index (χ4v) is 2.57. The van der Waals surface area contributed by atoms with Crippen molar-refractivity contribution in [2.75, 3.05) is 0 Å². The Kier molecular flexibility index (Phi) is 7.93. The molecule has 2 aromatic carbocycles. The van der Waals surface area contributed by atoms with Crippen molar-refractivity contribution in [2.24, 2.45) is 5.41 Å². The van der Waals surface area contributed by atoms with Gasteiger partial charge in [-0.15, -0.1) is 0 Å². The first kappa shape index (κ1) is 22.6. The van der Waals surface area contributed by atoms with Gasteiger partial charge in [0.2, 0.25) is 0 Å². The summed E-state index contributed by atoms with van der Waals surface area (Å²) >= 11 is 0. The van der Waals surface area contributed by atoms with Crippen LogP contribution in [0.3, 0.4) is 0 Å². The predicted octanol–water partition coefficient (Wildman–Crippen LogP) is 3.57. The standard InChI is InChI=1S/C23H28O6/c1-23(2,3)19(25)14-18(24)15-20(28-21(26)16-10-6-4-7-11-16)29-22(27)17-12-8-5-9-13-17/h4-13,18-20,24-25H,14-15H2,1-3H3. The molecular formula is C23H28O6. The van der Waals surface area contributed by atoms with E-state index in [0.717, 1.165) is 0 Å². The van der Waals surface area contributed by atoms with Crippen LogP contribution in [0.15, 0.2) is 60.7 Å². The molecule has 0 spiro atoms. The van der Waals surface area contributed by atoms with Crippen molar-refractivity contribution in [3.63, 3.8) is 0 Å². The molecule has 0 amide bonds. The van der Waals surface area contributed by atoms with E-state index >= 15 is 0 Å². The minimum absolute atomic E-state index is 0.0613. The molecule has 29 heavy (non-hydrogen) atoms. The Labute approximate surface area is 171 Å². The number of benzene rings is 2. The highest BCUT2D eigenvalue weighted by molar-refractivity contribution is 5.90. The zero-order valence-electron chi connectivity index (χ0n) is 16.9. The van der Waals surface area contributed by atoms with Crippen LogP contribution in [0.25, 0.3) is 0 Å². The van der Waals surface area contributed by atoms with Crippen molar-refractivity contribution in [3.05, 3.63) is 71.8 Å². The number of esters is 2. The fraction of sp³-hybridized carbons (Fsp3) is 0.391. The second-order valence-electron chi connectivity index (χ2n) is 7.98. The van der Waals surface area contributed by atoms with Crippen LogP contribution in [0, 0.1) is 5.41 Å². The van der Waals surface area contributed by atoms with Crippen molar-refractivity contribution in [3.8, 4) is 0 Å². The van der Waals surface area contributed by atoms with Gasteiger partial charge in [-0.25, -0.2) is 9.59 Å². The van der Waals surface area contributed by atoms with Gasteiger partial charge in [-0.3, -0.25) is 0 Å². The maximum atomic E-state index is 12.4. The average molecular weight is 400 g/mol. The van der Waals surface area contributed by atoms with E-state index in [1.54, 1.807) is 60.7 Å². The summed E-state index contributed by atoms with van der Waals surface area (Å²) in [4.78, 5) is 24.8. The summed E-state index contributed by atoms with van der Waals surface area (Å²) in [5.41, 5.74) is 0.188. The van der Waals surface area contributed by atoms with Crippen molar-refractivity contribution >= 4 is 11.9 Å². The van der Waals surface area contributed by atoms with Crippen LogP contribution in [0.4, 0.5) is 0 Å². The van der Waals surface area contributed by atoms with Crippen LogP contribution in [0.2, 0.25) is 0 Å². The van der Waals surface area contributed by atoms with Gasteiger partial charge in [-0.05, 0) is 29.7 Å². The number of rotatable bonds is 8. The molecule has 0 saturated heterocycles. The highest BCUT2D eigenvalue weighted by atomic mass is 16.7. The second-order valence-corrected chi connectivity index (χ2v) is 7.98. The zero-order valence-corrected chi connectivity index (χ0v) is 16.9. The van der Waals surface area contributed by atoms with Gasteiger partial charge in [0.25, 0.3) is 6.29 Å². The lowest BCUT2D eigenvalue weighted by Crippen LogP contribution is -2.34. The molecule has 0 aromatic heterocycles. The van der Waals surface area contributed by atoms with Crippen molar-refractivity contribution in [1.29, 1.82) is 0 Å². The third kappa shape index (κ3) is 7.33. The number of ether oxygens (including phenoxy) is 2. The van der Waals surface area contributed by atoms with Crippen LogP contribution in [0.5, 0.6) is 0 Å². The molecule has 2 rings (SSSR count). The van der Waals surface area contributed by atoms with Crippen molar-refractivity contribution < 1.29 is 29.3 Å². The van der Waals surface area contributed by atoms with E-state index in [0.29, 0.717) is 11.1 Å². The van der Waals surface area contributed by atoms with Crippen molar-refractivity contribution in [1.82, 2.24) is 0 Å². The summed E-state index contributed by atoms with van der Waals surface area (Å²) < 4.78 is 10.7. The zero-order chi connectivity index (χ0) is 21.4. The molecule has 0 radical (unpaired) electrons. The Morgan fingerprint density at radius 2 is 1.21 bits per heavy atom. The van der Waals surface area contributed by atoms with Gasteiger partial charge in [0, 0.05) is 12.8 Å². The Balaban J connectivity index is 2.09. The smallest absolute Gasteiger partial charge is 0.341 e. The van der Waals surface area contributed by atoms with E-state index in [1.807, 2.05) is 20.8 Å². The first-order chi connectivity index (χ1) is 13.7. The molecule has 156 valence electrons. The molecule has 0 fully saturated rings. The Morgan fingerprint density at radius 1 is 0.793 bits per heavy atom. The predicted molar refractivity (Wildman–Crippen MR) is 108 cm³/mol. The van der Waals surface area contributed by atoms with Crippen LogP contribution < -0.4 is 0 Å². The van der Waals surface area contributed by atoms with Crippen LogP contribution in [0.1, 0.15) is 54.3 Å². The molecule has 0 saturated carbocycles. The summed E-state index contributed by atoms with van der Waals surface area (Å²) in [6.07, 6.45) is -3.18. The number of aliphatic hydroxyl groups excluding tert-OH is 2. The molecular weight excluding hydrogens is 372 g/mol. The normalized spacial score (nSPS) is 13.6. The number of carbonyl (C=O) groups is 2. The fourth-order valence-electron chi connectivity index (χ4n) is 2.57. The maximum absolute atomic E-state index is 12.4. The minimum atomic E-state index is -1.29. The Bertz CT molecular complexity index is 729. The second kappa shape index (κ2) is 10.2. The first-order valence-electron chi connectivity index (χ1n) is 9.55. The Hall–Kier alpha value is -2.70. The third-order valence-corrected chi connectivity index (χ3v) is 4.46. The van der Waals surface area contributed by atoms with Gasteiger partial charge in [0.1, 0.15) is 0 Å². The third-order valence-electron chi connectivity index (χ3n) is 4.46. The van der Waals surface area contributed by atoms with Gasteiger partial charge in [-0.1, -0.05) is 57.2 Å². The topological polar surface area (TPSA) is 93.1 Å². The SMILES string of the molecule is CC(C)(C)C(O)CC(O)CC(OC(=O)c1ccccc1)OC(=O)c1ccccc1. The molecule has 0 aliphatic carbocycles. The van der Waals surface area contributed by atoms with E-state index in [-0.39, 0.29) is 12.8 Å². The van der Waals surface area contributed by atoms with Gasteiger partial charge < -0.3 is 19.7 Å². The van der Waals surface area contributed by atoms with Crippen LogP contribution >= 0.6 is 0 Å². The molecule has 2 atom stereocenters. The molecule has 6 nitrogen and oxygen atoms in total. The minimum Gasteiger partial charge on any atom is -0.421 e. The lowest BCUT2D eigenvalue weighted by Gasteiger charge is -2.28. The molecule has 0 bridgehead atoms. The molecule has 0 heterocycles. The van der Waals surface area contributed by atoms with E-state index in [4.69, 9.17) is 9.47 Å². The quantitative estimate of drug-likeness (QED) is 0.520. The summed E-state index contributed by atoms with van der Waals surface area (Å²) in [7, 11) is 0. The number of carbonyl (C=O) groups excluding carboxylic acids is 2. The van der Waals surface area contributed by atoms with Gasteiger partial charge in [0.05, 0.1) is 23.3 Å². The molecule has 2 unspecified atom stereocenters. The van der Waals surface area contributed by atoms with E-state index in [1.165, 1.54) is 0 Å². The largest absolute Gasteiger partial charge is 0.421 e. The van der Waals surface area contributed by atoms with Gasteiger partial charge in [-0.2, -0.15) is 0 Å². The van der Waals surface area contributed by atoms with E-state index in [2.05, 4.69) is 0 Å². The molecule has 2 aromatic rings. The van der Waals surface area contributed by atoms with E-state index in [9.17, 15) is 19.8 Å². The number of hydrogen-bond donors (Lipinski definition) is 2. The van der Waals surface area contributed by atoms with Crippen LogP contribution in [-0.2, 0) is 9.47 Å². The van der Waals surface area contributed by atoms with Gasteiger partial charge in [0.15, 0.2) is 0 Å². The summed E-state index contributed by atoms with van der Waals surface area (Å²) in [6, 6.07) is 16.6. The highest BCUT2D eigenvalue weighted by Gasteiger charge is 2.29. The molecule has 2 N–H and O–H groups in total. The number of hydrogen-bond acceptors (Lipinski definition) is 6. The van der Waals surface area contributed by atoms with Crippen LogP contribution in [-0.4, -0.2) is 40.6 Å². The summed E-state index contributed by atoms with van der Waals surface area (Å²) in [6.45, 7) is 5.56. The Morgan fingerprint density at radius 3 is 1.59 bits per heavy atom. The first-order valence-corrected chi connectivity index (χ1v) is 9.55. The molecule has 0 aliphatic heterocycles. The average Bonchev–Trinajstić information content (AvgIpc) is 2.68.